The van der Waals surface area contributed by atoms with Crippen LogP contribution in [0.3, 0.4) is 0 Å². The van der Waals surface area contributed by atoms with Gasteiger partial charge >= 0.3 is 5.97 Å². The van der Waals surface area contributed by atoms with E-state index in [0.717, 1.165) is 16.7 Å². The normalized spacial score (nSPS) is 14.8. The van der Waals surface area contributed by atoms with Crippen LogP contribution in [0, 0.1) is 12.3 Å². The van der Waals surface area contributed by atoms with E-state index in [0.29, 0.717) is 26.4 Å². The highest BCUT2D eigenvalue weighted by molar-refractivity contribution is 7.07. The fourth-order valence-corrected chi connectivity index (χ4v) is 5.37. The van der Waals surface area contributed by atoms with Crippen molar-refractivity contribution in [3.8, 4) is 18.1 Å². The minimum atomic E-state index is -0.711. The van der Waals surface area contributed by atoms with Crippen molar-refractivity contribution in [3.05, 3.63) is 127 Å². The minimum Gasteiger partial charge on any atom is -0.480 e. The SMILES string of the molecule is C#CCOc1ccccc1/C=c1\sc2n(c1=O)[C@@H](c1ccccc1)C(C(=O)OCC)=C(c1ccccc1)N=2. The number of thiazole rings is 1. The Labute approximate surface area is 223 Å². The van der Waals surface area contributed by atoms with E-state index in [2.05, 4.69) is 5.92 Å². The zero-order valence-corrected chi connectivity index (χ0v) is 21.5. The van der Waals surface area contributed by atoms with Gasteiger partial charge in [0, 0.05) is 11.1 Å². The molecule has 1 aliphatic heterocycles. The summed E-state index contributed by atoms with van der Waals surface area (Å²) in [6, 6.07) is 25.6. The van der Waals surface area contributed by atoms with Gasteiger partial charge in [-0.2, -0.15) is 0 Å². The summed E-state index contributed by atoms with van der Waals surface area (Å²) < 4.78 is 13.2. The van der Waals surface area contributed by atoms with Gasteiger partial charge < -0.3 is 9.47 Å². The van der Waals surface area contributed by atoms with E-state index in [9.17, 15) is 9.59 Å². The fourth-order valence-electron chi connectivity index (χ4n) is 4.38. The largest absolute Gasteiger partial charge is 0.480 e. The fraction of sp³-hybridized carbons (Fsp3) is 0.129. The summed E-state index contributed by atoms with van der Waals surface area (Å²) in [4.78, 5) is 32.7. The van der Waals surface area contributed by atoms with Gasteiger partial charge in [0.15, 0.2) is 4.80 Å². The van der Waals surface area contributed by atoms with Crippen LogP contribution in [0.25, 0.3) is 11.8 Å². The topological polar surface area (TPSA) is 69.9 Å². The van der Waals surface area contributed by atoms with E-state index >= 15 is 0 Å². The van der Waals surface area contributed by atoms with Crippen molar-refractivity contribution < 1.29 is 14.3 Å². The number of carbonyl (C=O) groups is 1. The summed E-state index contributed by atoms with van der Waals surface area (Å²) in [6.07, 6.45) is 7.14. The van der Waals surface area contributed by atoms with E-state index < -0.39 is 12.0 Å². The first-order valence-electron chi connectivity index (χ1n) is 12.1. The molecule has 0 amide bonds. The quantitative estimate of drug-likeness (QED) is 0.273. The number of aromatic nitrogens is 1. The number of para-hydroxylation sites is 1. The number of rotatable bonds is 7. The second kappa shape index (κ2) is 11.2. The van der Waals surface area contributed by atoms with Gasteiger partial charge in [-0.05, 0) is 24.6 Å². The molecule has 1 aliphatic rings. The number of nitrogens with zero attached hydrogens (tertiary/aromatic N) is 2. The second-order valence-electron chi connectivity index (χ2n) is 8.37. The molecule has 5 rings (SSSR count). The van der Waals surface area contributed by atoms with E-state index in [1.165, 1.54) is 11.3 Å². The number of terminal acetylenes is 1. The van der Waals surface area contributed by atoms with Crippen LogP contribution < -0.4 is 19.6 Å². The smallest absolute Gasteiger partial charge is 0.338 e. The molecule has 7 heteroatoms. The first kappa shape index (κ1) is 25.0. The van der Waals surface area contributed by atoms with Crippen LogP contribution in [0.5, 0.6) is 5.75 Å². The predicted molar refractivity (Wildman–Crippen MR) is 148 cm³/mol. The molecular weight excluding hydrogens is 496 g/mol. The van der Waals surface area contributed by atoms with Crippen LogP contribution in [0.1, 0.15) is 29.7 Å². The third kappa shape index (κ3) is 4.82. The van der Waals surface area contributed by atoms with Crippen LogP contribution in [-0.4, -0.2) is 23.8 Å². The summed E-state index contributed by atoms with van der Waals surface area (Å²) in [5.74, 6) is 2.53. The highest BCUT2D eigenvalue weighted by atomic mass is 32.1. The second-order valence-corrected chi connectivity index (χ2v) is 9.38. The lowest BCUT2D eigenvalue weighted by Crippen LogP contribution is -2.40. The number of hydrogen-bond donors (Lipinski definition) is 0. The van der Waals surface area contributed by atoms with Crippen LogP contribution in [0.15, 0.2) is 100 Å². The molecule has 0 saturated heterocycles. The van der Waals surface area contributed by atoms with Gasteiger partial charge in [-0.25, -0.2) is 9.79 Å². The summed E-state index contributed by atoms with van der Waals surface area (Å²) in [7, 11) is 0. The number of fused-ring (bicyclic) bond motifs is 1. The monoisotopic (exact) mass is 520 g/mol. The number of esters is 1. The van der Waals surface area contributed by atoms with Crippen molar-refractivity contribution in [1.82, 2.24) is 4.57 Å². The van der Waals surface area contributed by atoms with E-state index in [1.54, 1.807) is 23.6 Å². The van der Waals surface area contributed by atoms with Crippen molar-refractivity contribution in [2.24, 2.45) is 4.99 Å². The van der Waals surface area contributed by atoms with Gasteiger partial charge in [-0.15, -0.1) is 6.42 Å². The molecule has 188 valence electrons. The Morgan fingerprint density at radius 3 is 2.45 bits per heavy atom. The molecule has 0 spiro atoms. The van der Waals surface area contributed by atoms with E-state index in [-0.39, 0.29) is 18.8 Å². The van der Waals surface area contributed by atoms with Crippen LogP contribution in [-0.2, 0) is 9.53 Å². The molecule has 38 heavy (non-hydrogen) atoms. The third-order valence-corrected chi connectivity index (χ3v) is 6.99. The lowest BCUT2D eigenvalue weighted by atomic mass is 9.93. The Hall–Kier alpha value is -4.67. The van der Waals surface area contributed by atoms with Crippen molar-refractivity contribution in [3.63, 3.8) is 0 Å². The van der Waals surface area contributed by atoms with Crippen LogP contribution in [0.4, 0.5) is 0 Å². The molecule has 0 N–H and O–H groups in total. The molecule has 2 heterocycles. The van der Waals surface area contributed by atoms with E-state index in [4.69, 9.17) is 20.9 Å². The maximum atomic E-state index is 13.9. The maximum Gasteiger partial charge on any atom is 0.338 e. The lowest BCUT2D eigenvalue weighted by molar-refractivity contribution is -0.138. The molecule has 0 bridgehead atoms. The average Bonchev–Trinajstić information content (AvgIpc) is 3.27. The number of hydrogen-bond acceptors (Lipinski definition) is 6. The summed E-state index contributed by atoms with van der Waals surface area (Å²) in [6.45, 7) is 2.07. The summed E-state index contributed by atoms with van der Waals surface area (Å²) >= 11 is 1.26. The maximum absolute atomic E-state index is 13.9. The van der Waals surface area contributed by atoms with Gasteiger partial charge in [-0.3, -0.25) is 9.36 Å². The minimum absolute atomic E-state index is 0.115. The Bertz CT molecular complexity index is 1730. The zero-order chi connectivity index (χ0) is 26.5. The number of ether oxygens (including phenoxy) is 2. The molecule has 0 aliphatic carbocycles. The predicted octanol–water partition coefficient (Wildman–Crippen LogP) is 3.95. The van der Waals surface area contributed by atoms with Crippen LogP contribution >= 0.6 is 11.3 Å². The van der Waals surface area contributed by atoms with Gasteiger partial charge in [0.05, 0.1) is 28.5 Å². The van der Waals surface area contributed by atoms with Gasteiger partial charge in [-0.1, -0.05) is 96.1 Å². The molecule has 1 atom stereocenters. The zero-order valence-electron chi connectivity index (χ0n) is 20.7. The summed E-state index contributed by atoms with van der Waals surface area (Å²) in [5, 5.41) is 0. The van der Waals surface area contributed by atoms with Crippen molar-refractivity contribution in [2.45, 2.75) is 13.0 Å². The average molecular weight is 521 g/mol. The first-order valence-corrected chi connectivity index (χ1v) is 12.9. The molecular formula is C31H24N2O4S. The number of carbonyl (C=O) groups excluding carboxylic acids is 1. The molecule has 6 nitrogen and oxygen atoms in total. The molecule has 4 aromatic rings. The van der Waals surface area contributed by atoms with Gasteiger partial charge in [0.25, 0.3) is 5.56 Å². The molecule has 0 fully saturated rings. The molecule has 1 aromatic heterocycles. The van der Waals surface area contributed by atoms with Crippen LogP contribution in [0.2, 0.25) is 0 Å². The number of benzene rings is 3. The molecule has 0 saturated carbocycles. The third-order valence-electron chi connectivity index (χ3n) is 6.01. The summed E-state index contributed by atoms with van der Waals surface area (Å²) in [5.41, 5.74) is 2.82. The Morgan fingerprint density at radius 2 is 1.74 bits per heavy atom. The molecule has 0 unspecified atom stereocenters. The highest BCUT2D eigenvalue weighted by Crippen LogP contribution is 2.35. The van der Waals surface area contributed by atoms with Gasteiger partial charge in [0.2, 0.25) is 0 Å². The lowest BCUT2D eigenvalue weighted by Gasteiger charge is -2.25. The highest BCUT2D eigenvalue weighted by Gasteiger charge is 2.35. The molecule has 0 radical (unpaired) electrons. The Balaban J connectivity index is 1.79. The Kier molecular flexibility index (Phi) is 7.34. The Morgan fingerprint density at radius 1 is 1.05 bits per heavy atom. The molecule has 3 aromatic carbocycles. The first-order chi connectivity index (χ1) is 18.6. The van der Waals surface area contributed by atoms with Gasteiger partial charge in [0.1, 0.15) is 12.4 Å². The van der Waals surface area contributed by atoms with Crippen molar-refractivity contribution >= 4 is 29.1 Å². The van der Waals surface area contributed by atoms with Crippen molar-refractivity contribution in [1.29, 1.82) is 0 Å². The van der Waals surface area contributed by atoms with Crippen molar-refractivity contribution in [2.75, 3.05) is 13.2 Å². The standard InChI is InChI=1S/C31H24N2O4S/c1-3-19-37-24-18-12-11-17-23(24)20-25-29(34)33-28(22-15-9-6-10-16-22)26(30(35)36-4-2)27(32-31(33)38-25)21-13-7-5-8-14-21/h1,5-18,20,28H,4,19H2,2H3/b25-20-/t28-/m0/s1. The van der Waals surface area contributed by atoms with E-state index in [1.807, 2.05) is 78.9 Å².